The molecule has 2 rings (SSSR count). The average molecular weight is 396 g/mol. The van der Waals surface area contributed by atoms with Gasteiger partial charge in [0.05, 0.1) is 11.6 Å². The lowest BCUT2D eigenvalue weighted by molar-refractivity contribution is -0.198. The highest BCUT2D eigenvalue weighted by Crippen LogP contribution is 2.44. The molecule has 1 fully saturated rings. The molecule has 0 spiro atoms. The Morgan fingerprint density at radius 3 is 1.84 bits per heavy atom. The SMILES string of the molecule is CC1(C)CC(N2C(=O)C(Br)=C(Br)C2=O)C(C)(C)N1O. The topological polar surface area (TPSA) is 60.9 Å². The molecule has 0 aromatic rings. The lowest BCUT2D eigenvalue weighted by atomic mass is 9.93. The van der Waals surface area contributed by atoms with Crippen LogP contribution in [0.15, 0.2) is 8.96 Å². The number of imide groups is 1. The number of halogens is 2. The van der Waals surface area contributed by atoms with Gasteiger partial charge in [-0.3, -0.25) is 14.5 Å². The molecule has 1 saturated heterocycles. The predicted molar refractivity (Wildman–Crippen MR) is 76.9 cm³/mol. The third-order valence-corrected chi connectivity index (χ3v) is 5.95. The fourth-order valence-electron chi connectivity index (χ4n) is 2.91. The van der Waals surface area contributed by atoms with E-state index < -0.39 is 11.1 Å². The van der Waals surface area contributed by atoms with Crippen molar-refractivity contribution in [2.24, 2.45) is 0 Å². The largest absolute Gasteiger partial charge is 0.313 e. The molecule has 1 atom stereocenters. The smallest absolute Gasteiger partial charge is 0.269 e. The molecule has 2 aliphatic heterocycles. The van der Waals surface area contributed by atoms with Gasteiger partial charge in [0.1, 0.15) is 8.96 Å². The molecule has 5 nitrogen and oxygen atoms in total. The van der Waals surface area contributed by atoms with Crippen molar-refractivity contribution in [1.82, 2.24) is 9.96 Å². The summed E-state index contributed by atoms with van der Waals surface area (Å²) < 4.78 is 0.477. The molecule has 0 radical (unpaired) electrons. The van der Waals surface area contributed by atoms with Gasteiger partial charge >= 0.3 is 0 Å². The summed E-state index contributed by atoms with van der Waals surface area (Å²) in [5.74, 6) is -0.720. The fourth-order valence-corrected chi connectivity index (χ4v) is 3.63. The van der Waals surface area contributed by atoms with E-state index in [1.807, 2.05) is 27.7 Å². The zero-order chi connectivity index (χ0) is 14.7. The normalized spacial score (nSPS) is 30.7. The number of amides is 2. The van der Waals surface area contributed by atoms with E-state index in [9.17, 15) is 14.8 Å². The third kappa shape index (κ3) is 2.02. The van der Waals surface area contributed by atoms with Crippen LogP contribution in [0.1, 0.15) is 34.1 Å². The molecule has 0 aliphatic carbocycles. The zero-order valence-corrected chi connectivity index (χ0v) is 14.4. The van der Waals surface area contributed by atoms with Gasteiger partial charge in [0.2, 0.25) is 0 Å². The molecule has 1 N–H and O–H groups in total. The summed E-state index contributed by atoms with van der Waals surface area (Å²) in [4.78, 5) is 25.6. The number of carbonyl (C=O) groups excluding carboxylic acids is 2. The standard InChI is InChI=1S/C12H16Br2N2O3/c1-11(2)5-6(12(3,4)16(11)19)15-9(17)7(13)8(14)10(15)18/h6,19H,5H2,1-4H3. The van der Waals surface area contributed by atoms with Crippen LogP contribution in [0.2, 0.25) is 0 Å². The summed E-state index contributed by atoms with van der Waals surface area (Å²) in [5, 5.41) is 11.5. The van der Waals surface area contributed by atoms with Crippen LogP contribution in [0.5, 0.6) is 0 Å². The monoisotopic (exact) mass is 394 g/mol. The second kappa shape index (κ2) is 4.38. The van der Waals surface area contributed by atoms with E-state index in [4.69, 9.17) is 0 Å². The highest BCUT2D eigenvalue weighted by atomic mass is 79.9. The molecule has 0 aromatic heterocycles. The second-order valence-electron chi connectivity index (χ2n) is 6.11. The first kappa shape index (κ1) is 15.2. The van der Waals surface area contributed by atoms with E-state index in [1.54, 1.807) is 0 Å². The van der Waals surface area contributed by atoms with Gasteiger partial charge in [0, 0.05) is 5.54 Å². The molecule has 0 bridgehead atoms. The molecule has 19 heavy (non-hydrogen) atoms. The molecule has 1 unspecified atom stereocenters. The van der Waals surface area contributed by atoms with Crippen molar-refractivity contribution in [2.45, 2.75) is 51.2 Å². The second-order valence-corrected chi connectivity index (χ2v) is 7.69. The van der Waals surface area contributed by atoms with Crippen molar-refractivity contribution < 1.29 is 14.8 Å². The molecule has 0 saturated carbocycles. The Morgan fingerprint density at radius 1 is 1.11 bits per heavy atom. The number of carbonyl (C=O) groups is 2. The lowest BCUT2D eigenvalue weighted by Gasteiger charge is -2.37. The third-order valence-electron chi connectivity index (χ3n) is 3.95. The van der Waals surface area contributed by atoms with Crippen molar-refractivity contribution in [1.29, 1.82) is 0 Å². The van der Waals surface area contributed by atoms with Gasteiger partial charge in [-0.05, 0) is 66.0 Å². The summed E-state index contributed by atoms with van der Waals surface area (Å²) in [5.41, 5.74) is -1.18. The van der Waals surface area contributed by atoms with Crippen LogP contribution >= 0.6 is 31.9 Å². The molecular formula is C12H16Br2N2O3. The number of hydrogen-bond donors (Lipinski definition) is 1. The van der Waals surface area contributed by atoms with Crippen LogP contribution in [0.4, 0.5) is 0 Å². The maximum atomic E-state index is 12.2. The average Bonchev–Trinajstić information content (AvgIpc) is 2.59. The minimum absolute atomic E-state index is 0.238. The molecule has 2 heterocycles. The summed E-state index contributed by atoms with van der Waals surface area (Å²) in [6.45, 7) is 7.43. The first-order chi connectivity index (χ1) is 8.51. The van der Waals surface area contributed by atoms with Crippen molar-refractivity contribution in [2.75, 3.05) is 0 Å². The fraction of sp³-hybridized carbons (Fsp3) is 0.667. The van der Waals surface area contributed by atoms with E-state index in [0.29, 0.717) is 6.42 Å². The maximum absolute atomic E-state index is 12.2. The summed E-state index contributed by atoms with van der Waals surface area (Å²) in [7, 11) is 0. The van der Waals surface area contributed by atoms with E-state index in [2.05, 4.69) is 31.9 Å². The van der Waals surface area contributed by atoms with E-state index >= 15 is 0 Å². The molecular weight excluding hydrogens is 380 g/mol. The summed E-state index contributed by atoms with van der Waals surface area (Å²) in [6, 6.07) is -0.380. The lowest BCUT2D eigenvalue weighted by Crippen LogP contribution is -2.55. The van der Waals surface area contributed by atoms with E-state index in [-0.39, 0.29) is 26.8 Å². The van der Waals surface area contributed by atoms with Crippen LogP contribution in [-0.2, 0) is 9.59 Å². The number of hydroxylamine groups is 2. The van der Waals surface area contributed by atoms with Crippen LogP contribution in [-0.4, -0.2) is 44.1 Å². The highest BCUT2D eigenvalue weighted by Gasteiger charge is 2.57. The van der Waals surface area contributed by atoms with Gasteiger partial charge in [0.15, 0.2) is 0 Å². The van der Waals surface area contributed by atoms with Crippen LogP contribution in [0.25, 0.3) is 0 Å². The minimum atomic E-state index is -0.695. The highest BCUT2D eigenvalue weighted by molar-refractivity contribution is 9.14. The quantitative estimate of drug-likeness (QED) is 0.692. The van der Waals surface area contributed by atoms with Crippen LogP contribution < -0.4 is 0 Å². The molecule has 106 valence electrons. The number of rotatable bonds is 1. The Kier molecular flexibility index (Phi) is 3.49. The number of nitrogens with zero attached hydrogens (tertiary/aromatic N) is 2. The first-order valence-corrected chi connectivity index (χ1v) is 7.53. The Bertz CT molecular complexity index is 475. The Hall–Kier alpha value is -0.240. The maximum Gasteiger partial charge on any atom is 0.269 e. The Labute approximate surface area is 128 Å². The Morgan fingerprint density at radius 2 is 1.53 bits per heavy atom. The summed E-state index contributed by atoms with van der Waals surface area (Å²) in [6.07, 6.45) is 0.522. The molecule has 0 aromatic carbocycles. The molecule has 2 amide bonds. The minimum Gasteiger partial charge on any atom is -0.313 e. The van der Waals surface area contributed by atoms with Crippen LogP contribution in [0.3, 0.4) is 0 Å². The molecule has 2 aliphatic rings. The van der Waals surface area contributed by atoms with Gasteiger partial charge in [0.25, 0.3) is 11.8 Å². The van der Waals surface area contributed by atoms with Gasteiger partial charge in [-0.25, -0.2) is 0 Å². The van der Waals surface area contributed by atoms with Crippen molar-refractivity contribution >= 4 is 43.7 Å². The Balaban J connectivity index is 2.40. The van der Waals surface area contributed by atoms with Gasteiger partial charge in [-0.1, -0.05) is 0 Å². The van der Waals surface area contributed by atoms with Gasteiger partial charge in [-0.15, -0.1) is 0 Å². The number of hydrogen-bond acceptors (Lipinski definition) is 4. The van der Waals surface area contributed by atoms with E-state index in [0.717, 1.165) is 0 Å². The molecule has 7 heteroatoms. The van der Waals surface area contributed by atoms with Crippen molar-refractivity contribution in [3.8, 4) is 0 Å². The van der Waals surface area contributed by atoms with Crippen LogP contribution in [0, 0.1) is 0 Å². The zero-order valence-electron chi connectivity index (χ0n) is 11.2. The van der Waals surface area contributed by atoms with E-state index in [1.165, 1.54) is 9.96 Å². The predicted octanol–water partition coefficient (Wildman–Crippen LogP) is 2.38. The van der Waals surface area contributed by atoms with Gasteiger partial charge < -0.3 is 5.21 Å². The van der Waals surface area contributed by atoms with Crippen molar-refractivity contribution in [3.05, 3.63) is 8.96 Å². The first-order valence-electron chi connectivity index (χ1n) is 5.94. The van der Waals surface area contributed by atoms with Gasteiger partial charge in [-0.2, -0.15) is 5.06 Å². The van der Waals surface area contributed by atoms with Crippen molar-refractivity contribution in [3.63, 3.8) is 0 Å². The summed E-state index contributed by atoms with van der Waals surface area (Å²) >= 11 is 6.25.